The zero-order chi connectivity index (χ0) is 19.1. The Labute approximate surface area is 165 Å². The highest BCUT2D eigenvalue weighted by Crippen LogP contribution is 2.25. The van der Waals surface area contributed by atoms with Crippen LogP contribution in [0.5, 0.6) is 11.6 Å². The lowest BCUT2D eigenvalue weighted by molar-refractivity contribution is 0.122. The normalized spacial score (nSPS) is 14.1. The van der Waals surface area contributed by atoms with Gasteiger partial charge in [-0.25, -0.2) is 0 Å². The number of ether oxygens (including phenoxy) is 2. The SMILES string of the molecule is CC(C)CNC(=S)Nc1nc(Oc2ccccc2)cc(N2CCOCC2)n1. The van der Waals surface area contributed by atoms with E-state index in [0.717, 1.165) is 31.2 Å². The van der Waals surface area contributed by atoms with Crippen LogP contribution in [0.25, 0.3) is 0 Å². The molecule has 3 rings (SSSR count). The van der Waals surface area contributed by atoms with E-state index in [9.17, 15) is 0 Å². The van der Waals surface area contributed by atoms with E-state index in [1.54, 1.807) is 0 Å². The highest BCUT2D eigenvalue weighted by Gasteiger charge is 2.16. The average Bonchev–Trinajstić information content (AvgIpc) is 2.68. The Balaban J connectivity index is 1.80. The van der Waals surface area contributed by atoms with Crippen molar-refractivity contribution in [1.82, 2.24) is 15.3 Å². The molecule has 0 saturated carbocycles. The molecule has 2 heterocycles. The molecule has 1 aromatic carbocycles. The van der Waals surface area contributed by atoms with Gasteiger partial charge in [-0.1, -0.05) is 32.0 Å². The number of hydrogen-bond acceptors (Lipinski definition) is 6. The Morgan fingerprint density at radius 2 is 1.96 bits per heavy atom. The Morgan fingerprint density at radius 1 is 1.22 bits per heavy atom. The fourth-order valence-electron chi connectivity index (χ4n) is 2.53. The summed E-state index contributed by atoms with van der Waals surface area (Å²) in [6.45, 7) is 7.93. The molecule has 0 atom stereocenters. The Hall–Kier alpha value is -2.45. The largest absolute Gasteiger partial charge is 0.439 e. The first-order valence-electron chi connectivity index (χ1n) is 9.09. The van der Waals surface area contributed by atoms with Gasteiger partial charge < -0.3 is 25.0 Å². The van der Waals surface area contributed by atoms with Crippen LogP contribution in [0.3, 0.4) is 0 Å². The molecule has 0 aliphatic carbocycles. The van der Waals surface area contributed by atoms with E-state index in [1.807, 2.05) is 36.4 Å². The van der Waals surface area contributed by atoms with Gasteiger partial charge in [0, 0.05) is 25.7 Å². The van der Waals surface area contributed by atoms with Crippen molar-refractivity contribution in [2.45, 2.75) is 13.8 Å². The van der Waals surface area contributed by atoms with E-state index < -0.39 is 0 Å². The monoisotopic (exact) mass is 387 g/mol. The van der Waals surface area contributed by atoms with Crippen molar-refractivity contribution in [2.75, 3.05) is 43.1 Å². The first-order chi connectivity index (χ1) is 13.1. The summed E-state index contributed by atoms with van der Waals surface area (Å²) in [4.78, 5) is 11.2. The van der Waals surface area contributed by atoms with Gasteiger partial charge in [0.15, 0.2) is 5.11 Å². The first-order valence-corrected chi connectivity index (χ1v) is 9.50. The summed E-state index contributed by atoms with van der Waals surface area (Å²) in [7, 11) is 0. The summed E-state index contributed by atoms with van der Waals surface area (Å²) >= 11 is 5.35. The summed E-state index contributed by atoms with van der Waals surface area (Å²) in [5, 5.41) is 6.72. The molecule has 0 unspecified atom stereocenters. The van der Waals surface area contributed by atoms with Crippen molar-refractivity contribution in [3.8, 4) is 11.6 Å². The summed E-state index contributed by atoms with van der Waals surface area (Å²) in [5.41, 5.74) is 0. The second-order valence-electron chi connectivity index (χ2n) is 6.63. The second-order valence-corrected chi connectivity index (χ2v) is 7.04. The van der Waals surface area contributed by atoms with Crippen LogP contribution in [0.2, 0.25) is 0 Å². The van der Waals surface area contributed by atoms with Crippen LogP contribution in [0.15, 0.2) is 36.4 Å². The predicted octanol–water partition coefficient (Wildman–Crippen LogP) is 3.05. The molecule has 7 nitrogen and oxygen atoms in total. The molecule has 0 spiro atoms. The molecule has 144 valence electrons. The molecule has 1 aliphatic rings. The van der Waals surface area contributed by atoms with Crippen molar-refractivity contribution in [2.24, 2.45) is 5.92 Å². The third-order valence-electron chi connectivity index (χ3n) is 3.89. The molecule has 1 fully saturated rings. The molecule has 0 bridgehead atoms. The van der Waals surface area contributed by atoms with E-state index in [-0.39, 0.29) is 0 Å². The van der Waals surface area contributed by atoms with E-state index in [1.165, 1.54) is 0 Å². The lowest BCUT2D eigenvalue weighted by atomic mass is 10.2. The van der Waals surface area contributed by atoms with Crippen molar-refractivity contribution in [1.29, 1.82) is 0 Å². The zero-order valence-electron chi connectivity index (χ0n) is 15.6. The summed E-state index contributed by atoms with van der Waals surface area (Å²) < 4.78 is 11.4. The number of rotatable bonds is 6. The van der Waals surface area contributed by atoms with Gasteiger partial charge >= 0.3 is 0 Å². The van der Waals surface area contributed by atoms with Crippen LogP contribution in [-0.4, -0.2) is 47.9 Å². The molecule has 2 aromatic rings. The van der Waals surface area contributed by atoms with Crippen LogP contribution in [0.1, 0.15) is 13.8 Å². The van der Waals surface area contributed by atoms with Gasteiger partial charge in [0.25, 0.3) is 0 Å². The number of nitrogens with one attached hydrogen (secondary N) is 2. The highest BCUT2D eigenvalue weighted by molar-refractivity contribution is 7.80. The molecule has 2 N–H and O–H groups in total. The van der Waals surface area contributed by atoms with Gasteiger partial charge in [-0.2, -0.15) is 9.97 Å². The fraction of sp³-hybridized carbons (Fsp3) is 0.421. The molecule has 8 heteroatoms. The Morgan fingerprint density at radius 3 is 2.67 bits per heavy atom. The zero-order valence-corrected chi connectivity index (χ0v) is 16.5. The standard InChI is InChI=1S/C19H25N5O2S/c1-14(2)13-20-19(27)23-18-21-16(24-8-10-25-11-9-24)12-17(22-18)26-15-6-4-3-5-7-15/h3-7,12,14H,8-11,13H2,1-2H3,(H2,20,21,22,23,27). The van der Waals surface area contributed by atoms with Crippen molar-refractivity contribution >= 4 is 29.1 Å². The van der Waals surface area contributed by atoms with Gasteiger partial charge in [0.05, 0.1) is 13.2 Å². The second kappa shape index (κ2) is 9.48. The topological polar surface area (TPSA) is 71.5 Å². The fourth-order valence-corrected chi connectivity index (χ4v) is 2.70. The minimum absolute atomic E-state index is 0.408. The number of morpholine rings is 1. The van der Waals surface area contributed by atoms with E-state index in [0.29, 0.717) is 36.1 Å². The number of hydrogen-bond donors (Lipinski definition) is 2. The number of benzene rings is 1. The van der Waals surface area contributed by atoms with Crippen molar-refractivity contribution in [3.05, 3.63) is 36.4 Å². The van der Waals surface area contributed by atoms with E-state index >= 15 is 0 Å². The average molecular weight is 388 g/mol. The van der Waals surface area contributed by atoms with Crippen LogP contribution in [0.4, 0.5) is 11.8 Å². The third-order valence-corrected chi connectivity index (χ3v) is 4.13. The highest BCUT2D eigenvalue weighted by atomic mass is 32.1. The van der Waals surface area contributed by atoms with E-state index in [2.05, 4.69) is 39.3 Å². The summed E-state index contributed by atoms with van der Waals surface area (Å²) in [5.74, 6) is 2.87. The number of aromatic nitrogens is 2. The molecule has 0 amide bonds. The van der Waals surface area contributed by atoms with Gasteiger partial charge in [0.1, 0.15) is 11.6 Å². The van der Waals surface area contributed by atoms with Crippen LogP contribution in [0, 0.1) is 5.92 Å². The van der Waals surface area contributed by atoms with Gasteiger partial charge in [-0.15, -0.1) is 0 Å². The molecular formula is C19H25N5O2S. The predicted molar refractivity (Wildman–Crippen MR) is 111 cm³/mol. The van der Waals surface area contributed by atoms with Gasteiger partial charge in [0.2, 0.25) is 11.8 Å². The van der Waals surface area contributed by atoms with Crippen molar-refractivity contribution in [3.63, 3.8) is 0 Å². The maximum absolute atomic E-state index is 5.92. The molecule has 1 aliphatic heterocycles. The maximum atomic E-state index is 5.92. The van der Waals surface area contributed by atoms with Crippen LogP contribution >= 0.6 is 12.2 Å². The quantitative estimate of drug-likeness (QED) is 0.733. The lowest BCUT2D eigenvalue weighted by Gasteiger charge is -2.28. The van der Waals surface area contributed by atoms with Crippen LogP contribution < -0.4 is 20.3 Å². The summed E-state index contributed by atoms with van der Waals surface area (Å²) in [6, 6.07) is 11.4. The van der Waals surface area contributed by atoms with E-state index in [4.69, 9.17) is 21.7 Å². The van der Waals surface area contributed by atoms with Crippen molar-refractivity contribution < 1.29 is 9.47 Å². The number of anilines is 2. The molecule has 1 aromatic heterocycles. The molecule has 27 heavy (non-hydrogen) atoms. The lowest BCUT2D eigenvalue weighted by Crippen LogP contribution is -2.37. The van der Waals surface area contributed by atoms with Crippen LogP contribution in [-0.2, 0) is 4.74 Å². The number of thiocarbonyl (C=S) groups is 1. The number of nitrogens with zero attached hydrogens (tertiary/aromatic N) is 3. The molecule has 1 saturated heterocycles. The maximum Gasteiger partial charge on any atom is 0.234 e. The van der Waals surface area contributed by atoms with Gasteiger partial charge in [-0.3, -0.25) is 0 Å². The molecule has 0 radical (unpaired) electrons. The summed E-state index contributed by atoms with van der Waals surface area (Å²) in [6.07, 6.45) is 0. The number of para-hydroxylation sites is 1. The Bertz CT molecular complexity index is 751. The third kappa shape index (κ3) is 6.04. The first kappa shape index (κ1) is 19.3. The van der Waals surface area contributed by atoms with Gasteiger partial charge in [-0.05, 0) is 30.3 Å². The minimum Gasteiger partial charge on any atom is -0.439 e. The smallest absolute Gasteiger partial charge is 0.234 e. The molecular weight excluding hydrogens is 362 g/mol. The minimum atomic E-state index is 0.408. The Kier molecular flexibility index (Phi) is 6.78.